The smallest absolute Gasteiger partial charge is 0.00172 e. The van der Waals surface area contributed by atoms with Gasteiger partial charge < -0.3 is 5.32 Å². The minimum Gasteiger partial charge on any atom is -0.319 e. The molecule has 0 heterocycles. The second kappa shape index (κ2) is 7.44. The standard InChI is InChI=1S/C8H15N/c1-3-4-5-6-7-8-9-2/h3-6,9H,7-8H2,1-2H3. The van der Waals surface area contributed by atoms with Gasteiger partial charge in [-0.3, -0.25) is 0 Å². The predicted molar refractivity (Wildman–Crippen MR) is 42.5 cm³/mol. The molecule has 0 saturated carbocycles. The summed E-state index contributed by atoms with van der Waals surface area (Å²) in [4.78, 5) is 0. The molecular weight excluding hydrogens is 110 g/mol. The maximum absolute atomic E-state index is 3.07. The van der Waals surface area contributed by atoms with Crippen LogP contribution in [0.15, 0.2) is 24.3 Å². The van der Waals surface area contributed by atoms with Gasteiger partial charge in [-0.2, -0.15) is 0 Å². The van der Waals surface area contributed by atoms with Gasteiger partial charge in [0, 0.05) is 0 Å². The molecular formula is C8H15N. The van der Waals surface area contributed by atoms with Crippen LogP contribution in [0.5, 0.6) is 0 Å². The molecule has 1 heteroatoms. The summed E-state index contributed by atoms with van der Waals surface area (Å²) in [7, 11) is 1.96. The van der Waals surface area contributed by atoms with Crippen molar-refractivity contribution < 1.29 is 0 Å². The minimum atomic E-state index is 1.06. The Morgan fingerprint density at radius 3 is 2.67 bits per heavy atom. The fraction of sp³-hybridized carbons (Fsp3) is 0.500. The molecule has 0 aromatic carbocycles. The number of hydrogen-bond donors (Lipinski definition) is 1. The molecule has 0 bridgehead atoms. The van der Waals surface area contributed by atoms with Crippen molar-refractivity contribution in [2.75, 3.05) is 13.6 Å². The van der Waals surface area contributed by atoms with Crippen LogP contribution in [0, 0.1) is 0 Å². The summed E-state index contributed by atoms with van der Waals surface area (Å²) in [5.74, 6) is 0. The van der Waals surface area contributed by atoms with Crippen LogP contribution in [-0.2, 0) is 0 Å². The third kappa shape index (κ3) is 7.44. The fourth-order valence-electron chi connectivity index (χ4n) is 0.514. The van der Waals surface area contributed by atoms with Crippen molar-refractivity contribution in [3.63, 3.8) is 0 Å². The zero-order valence-electron chi connectivity index (χ0n) is 6.22. The Morgan fingerprint density at radius 1 is 1.33 bits per heavy atom. The second-order valence-corrected chi connectivity index (χ2v) is 1.85. The van der Waals surface area contributed by atoms with E-state index < -0.39 is 0 Å². The minimum absolute atomic E-state index is 1.06. The molecule has 0 unspecified atom stereocenters. The molecule has 1 nitrogen and oxygen atoms in total. The Kier molecular flexibility index (Phi) is 6.98. The summed E-state index contributed by atoms with van der Waals surface area (Å²) in [6.45, 7) is 3.08. The maximum atomic E-state index is 3.07. The van der Waals surface area contributed by atoms with Crippen molar-refractivity contribution in [1.29, 1.82) is 0 Å². The molecule has 0 aromatic heterocycles. The summed E-state index contributed by atoms with van der Waals surface area (Å²) < 4.78 is 0. The normalized spacial score (nSPS) is 11.8. The fourth-order valence-corrected chi connectivity index (χ4v) is 0.514. The van der Waals surface area contributed by atoms with Crippen molar-refractivity contribution in [1.82, 2.24) is 5.32 Å². The molecule has 0 aliphatic carbocycles. The first-order valence-electron chi connectivity index (χ1n) is 3.34. The van der Waals surface area contributed by atoms with Gasteiger partial charge in [0.2, 0.25) is 0 Å². The summed E-state index contributed by atoms with van der Waals surface area (Å²) in [5, 5.41) is 3.07. The largest absolute Gasteiger partial charge is 0.319 e. The van der Waals surface area contributed by atoms with Crippen LogP contribution < -0.4 is 5.32 Å². The zero-order chi connectivity index (χ0) is 6.95. The van der Waals surface area contributed by atoms with Gasteiger partial charge in [-0.25, -0.2) is 0 Å². The van der Waals surface area contributed by atoms with E-state index in [0.29, 0.717) is 0 Å². The first kappa shape index (κ1) is 8.44. The van der Waals surface area contributed by atoms with Gasteiger partial charge in [0.25, 0.3) is 0 Å². The maximum Gasteiger partial charge on any atom is -0.00172 e. The van der Waals surface area contributed by atoms with Gasteiger partial charge in [0.1, 0.15) is 0 Å². The highest BCUT2D eigenvalue weighted by Crippen LogP contribution is 1.80. The zero-order valence-corrected chi connectivity index (χ0v) is 6.22. The number of nitrogens with one attached hydrogen (secondary N) is 1. The first-order chi connectivity index (χ1) is 4.41. The topological polar surface area (TPSA) is 12.0 Å². The first-order valence-corrected chi connectivity index (χ1v) is 3.34. The summed E-state index contributed by atoms with van der Waals surface area (Å²) in [6, 6.07) is 0. The Balaban J connectivity index is 3.04. The number of rotatable bonds is 4. The van der Waals surface area contributed by atoms with E-state index >= 15 is 0 Å². The summed E-state index contributed by atoms with van der Waals surface area (Å²) in [5.41, 5.74) is 0. The van der Waals surface area contributed by atoms with Crippen molar-refractivity contribution >= 4 is 0 Å². The molecule has 0 radical (unpaired) electrons. The van der Waals surface area contributed by atoms with E-state index in [2.05, 4.69) is 17.5 Å². The van der Waals surface area contributed by atoms with Crippen LogP contribution in [0.25, 0.3) is 0 Å². The third-order valence-corrected chi connectivity index (χ3v) is 1.00. The number of allylic oxidation sites excluding steroid dienone is 3. The summed E-state index contributed by atoms with van der Waals surface area (Å²) in [6.07, 6.45) is 9.39. The molecule has 0 atom stereocenters. The SMILES string of the molecule is CC=CC=CCCNC. The van der Waals surface area contributed by atoms with Crippen molar-refractivity contribution in [3.05, 3.63) is 24.3 Å². The van der Waals surface area contributed by atoms with Crippen LogP contribution in [0.3, 0.4) is 0 Å². The molecule has 0 aromatic rings. The highest BCUT2D eigenvalue weighted by Gasteiger charge is 1.72. The van der Waals surface area contributed by atoms with Gasteiger partial charge in [-0.05, 0) is 26.9 Å². The van der Waals surface area contributed by atoms with Crippen LogP contribution in [0.2, 0.25) is 0 Å². The average Bonchev–Trinajstić information content (AvgIpc) is 1.89. The van der Waals surface area contributed by atoms with Crippen LogP contribution >= 0.6 is 0 Å². The molecule has 0 spiro atoms. The lowest BCUT2D eigenvalue weighted by molar-refractivity contribution is 0.808. The van der Waals surface area contributed by atoms with E-state index in [1.807, 2.05) is 26.1 Å². The molecule has 0 aliphatic rings. The van der Waals surface area contributed by atoms with Crippen LogP contribution in [0.1, 0.15) is 13.3 Å². The Morgan fingerprint density at radius 2 is 2.11 bits per heavy atom. The van der Waals surface area contributed by atoms with E-state index in [9.17, 15) is 0 Å². The second-order valence-electron chi connectivity index (χ2n) is 1.85. The molecule has 52 valence electrons. The van der Waals surface area contributed by atoms with Gasteiger partial charge in [-0.1, -0.05) is 24.3 Å². The molecule has 0 aliphatic heterocycles. The molecule has 0 rings (SSSR count). The lowest BCUT2D eigenvalue weighted by Crippen LogP contribution is -2.05. The molecule has 0 saturated heterocycles. The van der Waals surface area contributed by atoms with Crippen LogP contribution in [-0.4, -0.2) is 13.6 Å². The molecule has 9 heavy (non-hydrogen) atoms. The quantitative estimate of drug-likeness (QED) is 0.445. The van der Waals surface area contributed by atoms with Crippen molar-refractivity contribution in [2.45, 2.75) is 13.3 Å². The van der Waals surface area contributed by atoms with Crippen molar-refractivity contribution in [2.24, 2.45) is 0 Å². The van der Waals surface area contributed by atoms with Crippen LogP contribution in [0.4, 0.5) is 0 Å². The van der Waals surface area contributed by atoms with Gasteiger partial charge in [0.15, 0.2) is 0 Å². The number of hydrogen-bond acceptors (Lipinski definition) is 1. The lowest BCUT2D eigenvalue weighted by Gasteiger charge is -1.88. The van der Waals surface area contributed by atoms with Gasteiger partial charge >= 0.3 is 0 Å². The van der Waals surface area contributed by atoms with E-state index in [4.69, 9.17) is 0 Å². The predicted octanol–water partition coefficient (Wildman–Crippen LogP) is 1.73. The van der Waals surface area contributed by atoms with Gasteiger partial charge in [0.05, 0.1) is 0 Å². The van der Waals surface area contributed by atoms with E-state index in [1.54, 1.807) is 0 Å². The highest BCUT2D eigenvalue weighted by molar-refractivity contribution is 5.00. The Bertz CT molecular complexity index is 92.7. The van der Waals surface area contributed by atoms with E-state index in [1.165, 1.54) is 0 Å². The molecule has 1 N–H and O–H groups in total. The molecule has 0 fully saturated rings. The van der Waals surface area contributed by atoms with E-state index in [-0.39, 0.29) is 0 Å². The average molecular weight is 125 g/mol. The monoisotopic (exact) mass is 125 g/mol. The third-order valence-electron chi connectivity index (χ3n) is 1.00. The lowest BCUT2D eigenvalue weighted by atomic mass is 10.3. The highest BCUT2D eigenvalue weighted by atomic mass is 14.8. The van der Waals surface area contributed by atoms with Gasteiger partial charge in [-0.15, -0.1) is 0 Å². The Labute approximate surface area is 57.5 Å². The Hall–Kier alpha value is -0.560. The van der Waals surface area contributed by atoms with Crippen molar-refractivity contribution in [3.8, 4) is 0 Å². The molecule has 0 amide bonds. The summed E-state index contributed by atoms with van der Waals surface area (Å²) >= 11 is 0. The van der Waals surface area contributed by atoms with E-state index in [0.717, 1.165) is 13.0 Å².